The van der Waals surface area contributed by atoms with Crippen LogP contribution in [0.5, 0.6) is 0 Å². The molecule has 0 aliphatic carbocycles. The van der Waals surface area contributed by atoms with E-state index in [4.69, 9.17) is 0 Å². The number of H-pyrrole nitrogens is 1. The standard InChI is InChI=1S/C14H19FN4/c1-9(10-3-2-6-16-8-10)17-14-18-12-5-4-11(15)7-13(12)19-14/h4-5,7,9-10,16H,2-3,6,8H2,1H3,(H2,17,18,19). The van der Waals surface area contributed by atoms with Crippen LogP contribution in [0, 0.1) is 11.7 Å². The Bertz CT molecular complexity index is 560. The van der Waals surface area contributed by atoms with Crippen LogP contribution in [-0.4, -0.2) is 29.1 Å². The van der Waals surface area contributed by atoms with E-state index in [0.29, 0.717) is 12.0 Å². The van der Waals surface area contributed by atoms with Crippen molar-refractivity contribution < 1.29 is 4.39 Å². The fourth-order valence-electron chi connectivity index (χ4n) is 2.69. The number of halogens is 1. The van der Waals surface area contributed by atoms with Gasteiger partial charge in [0.25, 0.3) is 0 Å². The average molecular weight is 262 g/mol. The summed E-state index contributed by atoms with van der Waals surface area (Å²) in [5.41, 5.74) is 1.52. The van der Waals surface area contributed by atoms with Crippen LogP contribution in [0.2, 0.25) is 0 Å². The van der Waals surface area contributed by atoms with Crippen LogP contribution in [0.25, 0.3) is 11.0 Å². The molecule has 4 nitrogen and oxygen atoms in total. The number of hydrogen-bond donors (Lipinski definition) is 3. The third kappa shape index (κ3) is 2.71. The lowest BCUT2D eigenvalue weighted by Gasteiger charge is -2.28. The Morgan fingerprint density at radius 2 is 2.37 bits per heavy atom. The number of anilines is 1. The summed E-state index contributed by atoms with van der Waals surface area (Å²) in [7, 11) is 0. The number of fused-ring (bicyclic) bond motifs is 1. The lowest BCUT2D eigenvalue weighted by atomic mass is 9.93. The van der Waals surface area contributed by atoms with Crippen molar-refractivity contribution in [3.8, 4) is 0 Å². The highest BCUT2D eigenvalue weighted by molar-refractivity contribution is 5.77. The zero-order chi connectivity index (χ0) is 13.2. The normalized spacial score (nSPS) is 21.5. The van der Waals surface area contributed by atoms with Gasteiger partial charge in [0.1, 0.15) is 5.82 Å². The van der Waals surface area contributed by atoms with Crippen molar-refractivity contribution in [1.82, 2.24) is 15.3 Å². The molecule has 0 bridgehead atoms. The second-order valence-electron chi connectivity index (χ2n) is 5.29. The molecule has 19 heavy (non-hydrogen) atoms. The van der Waals surface area contributed by atoms with Gasteiger partial charge in [-0.3, -0.25) is 0 Å². The zero-order valence-corrected chi connectivity index (χ0v) is 11.0. The molecule has 2 aromatic rings. The van der Waals surface area contributed by atoms with Gasteiger partial charge in [-0.2, -0.15) is 0 Å². The number of imidazole rings is 1. The molecule has 1 saturated heterocycles. The highest BCUT2D eigenvalue weighted by Crippen LogP contribution is 2.20. The fourth-order valence-corrected chi connectivity index (χ4v) is 2.69. The molecule has 1 aromatic carbocycles. The molecule has 0 saturated carbocycles. The Morgan fingerprint density at radius 3 is 3.16 bits per heavy atom. The summed E-state index contributed by atoms with van der Waals surface area (Å²) in [6.07, 6.45) is 2.46. The maximum atomic E-state index is 13.1. The summed E-state index contributed by atoms with van der Waals surface area (Å²) >= 11 is 0. The maximum absolute atomic E-state index is 13.1. The van der Waals surface area contributed by atoms with Crippen LogP contribution in [-0.2, 0) is 0 Å². The van der Waals surface area contributed by atoms with Gasteiger partial charge < -0.3 is 15.6 Å². The number of aromatic nitrogens is 2. The first-order valence-electron chi connectivity index (χ1n) is 6.85. The van der Waals surface area contributed by atoms with E-state index < -0.39 is 0 Å². The van der Waals surface area contributed by atoms with E-state index in [0.717, 1.165) is 30.1 Å². The molecule has 2 heterocycles. The quantitative estimate of drug-likeness (QED) is 0.796. The topological polar surface area (TPSA) is 52.7 Å². The second-order valence-corrected chi connectivity index (χ2v) is 5.29. The first-order valence-corrected chi connectivity index (χ1v) is 6.85. The molecular formula is C14H19FN4. The Hall–Kier alpha value is -1.62. The molecule has 0 radical (unpaired) electrons. The number of nitrogens with one attached hydrogen (secondary N) is 3. The summed E-state index contributed by atoms with van der Waals surface area (Å²) in [5.74, 6) is 1.09. The van der Waals surface area contributed by atoms with Crippen molar-refractivity contribution in [1.29, 1.82) is 0 Å². The highest BCUT2D eigenvalue weighted by atomic mass is 19.1. The summed E-state index contributed by atoms with van der Waals surface area (Å²) in [5, 5.41) is 6.81. The Kier molecular flexibility index (Phi) is 3.38. The van der Waals surface area contributed by atoms with Crippen molar-refractivity contribution in [3.05, 3.63) is 24.0 Å². The molecule has 1 aliphatic heterocycles. The van der Waals surface area contributed by atoms with Crippen LogP contribution in [0.15, 0.2) is 18.2 Å². The zero-order valence-electron chi connectivity index (χ0n) is 11.0. The third-order valence-electron chi connectivity index (χ3n) is 3.85. The van der Waals surface area contributed by atoms with E-state index in [9.17, 15) is 4.39 Å². The number of benzene rings is 1. The van der Waals surface area contributed by atoms with Gasteiger partial charge in [0.05, 0.1) is 11.0 Å². The van der Waals surface area contributed by atoms with Gasteiger partial charge in [-0.15, -0.1) is 0 Å². The first kappa shape index (κ1) is 12.4. The van der Waals surface area contributed by atoms with Gasteiger partial charge in [0.2, 0.25) is 5.95 Å². The number of nitrogens with zero attached hydrogens (tertiary/aromatic N) is 1. The van der Waals surface area contributed by atoms with E-state index in [1.165, 1.54) is 25.0 Å². The highest BCUT2D eigenvalue weighted by Gasteiger charge is 2.20. The van der Waals surface area contributed by atoms with Crippen LogP contribution in [0.4, 0.5) is 10.3 Å². The van der Waals surface area contributed by atoms with Gasteiger partial charge in [0.15, 0.2) is 0 Å². The van der Waals surface area contributed by atoms with Crippen molar-refractivity contribution in [2.24, 2.45) is 5.92 Å². The molecule has 1 aliphatic rings. The van der Waals surface area contributed by atoms with Crippen LogP contribution in [0.1, 0.15) is 19.8 Å². The SMILES string of the molecule is CC(Nc1nc2ccc(F)cc2[nH]1)C1CCCNC1. The summed E-state index contributed by atoms with van der Waals surface area (Å²) in [6, 6.07) is 4.94. The minimum Gasteiger partial charge on any atom is -0.353 e. The molecule has 5 heteroatoms. The minimum absolute atomic E-state index is 0.243. The molecule has 3 rings (SSSR count). The number of hydrogen-bond acceptors (Lipinski definition) is 3. The Morgan fingerprint density at radius 1 is 1.47 bits per heavy atom. The molecular weight excluding hydrogens is 243 g/mol. The van der Waals surface area contributed by atoms with Crippen LogP contribution >= 0.6 is 0 Å². The predicted octanol–water partition coefficient (Wildman–Crippen LogP) is 2.50. The van der Waals surface area contributed by atoms with E-state index in [1.807, 2.05) is 0 Å². The molecule has 2 atom stereocenters. The van der Waals surface area contributed by atoms with Gasteiger partial charge in [-0.25, -0.2) is 9.37 Å². The van der Waals surface area contributed by atoms with Gasteiger partial charge in [0, 0.05) is 6.04 Å². The molecule has 102 valence electrons. The molecule has 0 spiro atoms. The van der Waals surface area contributed by atoms with Crippen LogP contribution in [0.3, 0.4) is 0 Å². The number of rotatable bonds is 3. The van der Waals surface area contributed by atoms with Gasteiger partial charge in [-0.05, 0) is 57.0 Å². The van der Waals surface area contributed by atoms with Crippen molar-refractivity contribution >= 4 is 17.0 Å². The van der Waals surface area contributed by atoms with Gasteiger partial charge in [-0.1, -0.05) is 0 Å². The molecule has 2 unspecified atom stereocenters. The molecule has 3 N–H and O–H groups in total. The largest absolute Gasteiger partial charge is 0.353 e. The minimum atomic E-state index is -0.243. The summed E-state index contributed by atoms with van der Waals surface area (Å²) < 4.78 is 13.1. The van der Waals surface area contributed by atoms with Crippen molar-refractivity contribution in [2.45, 2.75) is 25.8 Å². The average Bonchev–Trinajstić information content (AvgIpc) is 2.81. The predicted molar refractivity (Wildman–Crippen MR) is 74.7 cm³/mol. The van der Waals surface area contributed by atoms with E-state index >= 15 is 0 Å². The Balaban J connectivity index is 1.73. The Labute approximate surface area is 111 Å². The molecule has 0 amide bonds. The summed E-state index contributed by atoms with van der Waals surface area (Å²) in [6.45, 7) is 4.33. The number of aromatic amines is 1. The number of piperidine rings is 1. The van der Waals surface area contributed by atoms with Crippen LogP contribution < -0.4 is 10.6 Å². The third-order valence-corrected chi connectivity index (χ3v) is 3.85. The van der Waals surface area contributed by atoms with E-state index in [1.54, 1.807) is 6.07 Å². The second kappa shape index (κ2) is 5.17. The van der Waals surface area contributed by atoms with E-state index in [-0.39, 0.29) is 5.82 Å². The summed E-state index contributed by atoms with van der Waals surface area (Å²) in [4.78, 5) is 7.56. The van der Waals surface area contributed by atoms with Crippen molar-refractivity contribution in [2.75, 3.05) is 18.4 Å². The monoisotopic (exact) mass is 262 g/mol. The van der Waals surface area contributed by atoms with Gasteiger partial charge >= 0.3 is 0 Å². The lowest BCUT2D eigenvalue weighted by Crippen LogP contribution is -2.38. The smallest absolute Gasteiger partial charge is 0.201 e. The first-order chi connectivity index (χ1) is 9.22. The maximum Gasteiger partial charge on any atom is 0.201 e. The molecule has 1 aromatic heterocycles. The van der Waals surface area contributed by atoms with Crippen molar-refractivity contribution in [3.63, 3.8) is 0 Å². The fraction of sp³-hybridized carbons (Fsp3) is 0.500. The lowest BCUT2D eigenvalue weighted by molar-refractivity contribution is 0.346. The molecule has 1 fully saturated rings. The van der Waals surface area contributed by atoms with E-state index in [2.05, 4.69) is 27.5 Å².